The predicted octanol–water partition coefficient (Wildman–Crippen LogP) is 3.47. The van der Waals surface area contributed by atoms with Crippen molar-refractivity contribution in [3.63, 3.8) is 0 Å². The molecule has 0 atom stereocenters. The van der Waals surface area contributed by atoms with Gasteiger partial charge in [-0.3, -0.25) is 0 Å². The van der Waals surface area contributed by atoms with Crippen LogP contribution in [0.15, 0.2) is 70.0 Å². The summed E-state index contributed by atoms with van der Waals surface area (Å²) in [6.07, 6.45) is 0. The van der Waals surface area contributed by atoms with Crippen LogP contribution in [0.3, 0.4) is 0 Å². The average Bonchev–Trinajstić information content (AvgIpc) is 3.04. The molecule has 2 aromatic carbocycles. The first-order valence-corrected chi connectivity index (χ1v) is 8.26. The van der Waals surface area contributed by atoms with Gasteiger partial charge in [-0.25, -0.2) is 4.98 Å². The Morgan fingerprint density at radius 3 is 2.42 bits per heavy atom. The standard InChI is InChI=1S/C18H17N5S/c1-12-7-9-14(10-8-12)16(19)22-17(20)23-18-21-15(11-24-18)13-5-3-2-4-6-13/h2-11H,1H3,(H4,19,20,21,22,23). The predicted molar refractivity (Wildman–Crippen MR) is 101 cm³/mol. The molecular weight excluding hydrogens is 318 g/mol. The summed E-state index contributed by atoms with van der Waals surface area (Å²) in [5.41, 5.74) is 15.7. The molecule has 4 N–H and O–H groups in total. The molecule has 0 saturated carbocycles. The van der Waals surface area contributed by atoms with Crippen molar-refractivity contribution in [1.82, 2.24) is 4.98 Å². The lowest BCUT2D eigenvalue weighted by Gasteiger charge is -2.01. The number of hydrogen-bond acceptors (Lipinski definition) is 3. The smallest absolute Gasteiger partial charge is 0.224 e. The Morgan fingerprint density at radius 1 is 1.00 bits per heavy atom. The van der Waals surface area contributed by atoms with E-state index in [1.54, 1.807) is 0 Å². The van der Waals surface area contributed by atoms with E-state index in [0.29, 0.717) is 11.0 Å². The number of aryl methyl sites for hydroxylation is 1. The Labute approximate surface area is 144 Å². The molecule has 0 saturated heterocycles. The van der Waals surface area contributed by atoms with Crippen LogP contribution in [-0.4, -0.2) is 16.8 Å². The zero-order chi connectivity index (χ0) is 16.9. The molecule has 0 unspecified atom stereocenters. The molecule has 1 heterocycles. The normalized spacial score (nSPS) is 12.4. The molecule has 0 amide bonds. The van der Waals surface area contributed by atoms with Gasteiger partial charge in [0.25, 0.3) is 0 Å². The van der Waals surface area contributed by atoms with Crippen LogP contribution < -0.4 is 11.5 Å². The first kappa shape index (κ1) is 15.9. The second-order valence-corrected chi connectivity index (χ2v) is 6.05. The van der Waals surface area contributed by atoms with Gasteiger partial charge in [0.05, 0.1) is 5.69 Å². The van der Waals surface area contributed by atoms with Crippen molar-refractivity contribution in [3.8, 4) is 11.3 Å². The lowest BCUT2D eigenvalue weighted by atomic mass is 10.1. The van der Waals surface area contributed by atoms with Crippen LogP contribution in [0, 0.1) is 6.92 Å². The third-order valence-corrected chi connectivity index (χ3v) is 4.09. The minimum absolute atomic E-state index is 0.0852. The second kappa shape index (κ2) is 7.06. The van der Waals surface area contributed by atoms with E-state index in [2.05, 4.69) is 15.0 Å². The largest absolute Gasteiger partial charge is 0.383 e. The van der Waals surface area contributed by atoms with Crippen LogP contribution in [0.25, 0.3) is 11.3 Å². The molecule has 1 aromatic heterocycles. The van der Waals surface area contributed by atoms with Gasteiger partial charge in [-0.15, -0.1) is 11.3 Å². The van der Waals surface area contributed by atoms with Crippen molar-refractivity contribution in [1.29, 1.82) is 0 Å². The number of benzene rings is 2. The van der Waals surface area contributed by atoms with E-state index in [9.17, 15) is 0 Å². The summed E-state index contributed by atoms with van der Waals surface area (Å²) in [6.45, 7) is 2.01. The summed E-state index contributed by atoms with van der Waals surface area (Å²) in [7, 11) is 0. The van der Waals surface area contributed by atoms with E-state index in [0.717, 1.165) is 22.4 Å². The van der Waals surface area contributed by atoms with Gasteiger partial charge >= 0.3 is 0 Å². The highest BCUT2D eigenvalue weighted by molar-refractivity contribution is 7.13. The first-order chi connectivity index (χ1) is 11.6. The van der Waals surface area contributed by atoms with Crippen LogP contribution >= 0.6 is 11.3 Å². The number of rotatable bonds is 3. The summed E-state index contributed by atoms with van der Waals surface area (Å²) in [6, 6.07) is 17.7. The molecule has 3 rings (SSSR count). The number of aromatic nitrogens is 1. The highest BCUT2D eigenvalue weighted by Crippen LogP contribution is 2.26. The topological polar surface area (TPSA) is 89.6 Å². The third-order valence-electron chi connectivity index (χ3n) is 3.35. The first-order valence-electron chi connectivity index (χ1n) is 7.38. The molecule has 0 radical (unpaired) electrons. The molecule has 0 aliphatic carbocycles. The van der Waals surface area contributed by atoms with E-state index in [1.165, 1.54) is 11.3 Å². The SMILES string of the molecule is Cc1ccc(C(N)=NC(N)=Nc2nc(-c3ccccc3)cs2)cc1. The van der Waals surface area contributed by atoms with Crippen molar-refractivity contribution in [3.05, 3.63) is 71.1 Å². The molecule has 0 bridgehead atoms. The quantitative estimate of drug-likeness (QED) is 0.567. The number of nitrogens with two attached hydrogens (primary N) is 2. The van der Waals surface area contributed by atoms with Crippen LogP contribution in [0.2, 0.25) is 0 Å². The fourth-order valence-corrected chi connectivity index (χ4v) is 2.80. The van der Waals surface area contributed by atoms with Crippen LogP contribution in [-0.2, 0) is 0 Å². The second-order valence-electron chi connectivity index (χ2n) is 5.21. The monoisotopic (exact) mass is 335 g/mol. The lowest BCUT2D eigenvalue weighted by molar-refractivity contribution is 1.32. The third kappa shape index (κ3) is 3.85. The summed E-state index contributed by atoms with van der Waals surface area (Å²) < 4.78 is 0. The fourth-order valence-electron chi connectivity index (χ4n) is 2.09. The van der Waals surface area contributed by atoms with Gasteiger partial charge in [-0.05, 0) is 6.92 Å². The maximum atomic E-state index is 5.97. The van der Waals surface area contributed by atoms with Crippen LogP contribution in [0.1, 0.15) is 11.1 Å². The molecular formula is C18H17N5S. The highest BCUT2D eigenvalue weighted by Gasteiger charge is 2.04. The maximum Gasteiger partial charge on any atom is 0.224 e. The van der Waals surface area contributed by atoms with Crippen molar-refractivity contribution in [2.24, 2.45) is 21.5 Å². The van der Waals surface area contributed by atoms with Gasteiger partial charge in [-0.2, -0.15) is 9.98 Å². The van der Waals surface area contributed by atoms with Gasteiger partial charge in [-0.1, -0.05) is 60.2 Å². The number of amidine groups is 1. The number of thiazole rings is 1. The molecule has 5 nitrogen and oxygen atoms in total. The number of hydrogen-bond donors (Lipinski definition) is 2. The fraction of sp³-hybridized carbons (Fsp3) is 0.0556. The van der Waals surface area contributed by atoms with Gasteiger partial charge in [0.2, 0.25) is 11.1 Å². The molecule has 0 fully saturated rings. The van der Waals surface area contributed by atoms with E-state index in [1.807, 2.05) is 66.9 Å². The maximum absolute atomic E-state index is 5.97. The van der Waals surface area contributed by atoms with E-state index in [4.69, 9.17) is 11.5 Å². The van der Waals surface area contributed by atoms with E-state index >= 15 is 0 Å². The van der Waals surface area contributed by atoms with Crippen molar-refractivity contribution in [2.45, 2.75) is 6.92 Å². The molecule has 3 aromatic rings. The zero-order valence-corrected chi connectivity index (χ0v) is 14.0. The summed E-state index contributed by atoms with van der Waals surface area (Å²) >= 11 is 1.41. The molecule has 0 aliphatic heterocycles. The summed E-state index contributed by atoms with van der Waals surface area (Å²) in [5.74, 6) is 0.415. The number of aliphatic imine (C=N–C) groups is 2. The minimum atomic E-state index is 0.0852. The summed E-state index contributed by atoms with van der Waals surface area (Å²) in [4.78, 5) is 12.8. The Balaban J connectivity index is 1.80. The molecule has 0 aliphatic rings. The highest BCUT2D eigenvalue weighted by atomic mass is 32.1. The Bertz CT molecular complexity index is 879. The van der Waals surface area contributed by atoms with Gasteiger partial charge < -0.3 is 11.5 Å². The van der Waals surface area contributed by atoms with Crippen LogP contribution in [0.4, 0.5) is 5.13 Å². The van der Waals surface area contributed by atoms with Gasteiger partial charge in [0.15, 0.2) is 0 Å². The summed E-state index contributed by atoms with van der Waals surface area (Å²) in [5, 5.41) is 2.49. The average molecular weight is 335 g/mol. The number of nitrogens with zero attached hydrogens (tertiary/aromatic N) is 3. The Kier molecular flexibility index (Phi) is 4.67. The lowest BCUT2D eigenvalue weighted by Crippen LogP contribution is -2.19. The Morgan fingerprint density at radius 2 is 1.71 bits per heavy atom. The molecule has 24 heavy (non-hydrogen) atoms. The Hall–Kier alpha value is -2.99. The molecule has 120 valence electrons. The van der Waals surface area contributed by atoms with Gasteiger partial charge in [0, 0.05) is 16.5 Å². The number of guanidine groups is 1. The minimum Gasteiger partial charge on any atom is -0.383 e. The van der Waals surface area contributed by atoms with Crippen molar-refractivity contribution in [2.75, 3.05) is 0 Å². The molecule has 6 heteroatoms. The van der Waals surface area contributed by atoms with Crippen LogP contribution in [0.5, 0.6) is 0 Å². The van der Waals surface area contributed by atoms with Gasteiger partial charge in [0.1, 0.15) is 5.84 Å². The van der Waals surface area contributed by atoms with Crippen molar-refractivity contribution < 1.29 is 0 Å². The van der Waals surface area contributed by atoms with E-state index in [-0.39, 0.29) is 5.96 Å². The zero-order valence-electron chi connectivity index (χ0n) is 13.2. The van der Waals surface area contributed by atoms with Crippen molar-refractivity contribution >= 4 is 28.3 Å². The van der Waals surface area contributed by atoms with E-state index < -0.39 is 0 Å². The molecule has 0 spiro atoms.